The zero-order valence-corrected chi connectivity index (χ0v) is 9.19. The average Bonchev–Trinajstić information content (AvgIpc) is 2.01. The molecule has 0 aliphatic rings. The highest BCUT2D eigenvalue weighted by atomic mass is 35.5. The number of anilines is 1. The summed E-state index contributed by atoms with van der Waals surface area (Å²) in [5.74, 6) is 0.368. The summed E-state index contributed by atoms with van der Waals surface area (Å²) in [4.78, 5) is 7.55. The van der Waals surface area contributed by atoms with Crippen molar-refractivity contribution >= 4 is 29.0 Å². The summed E-state index contributed by atoms with van der Waals surface area (Å²) < 4.78 is 0. The van der Waals surface area contributed by atoms with Gasteiger partial charge in [-0.1, -0.05) is 11.6 Å². The van der Waals surface area contributed by atoms with Crippen LogP contribution in [0, 0.1) is 11.3 Å². The number of aromatic nitrogens is 2. The average molecular weight is 231 g/mol. The SMILES string of the molecule is CC(C)Nc1nc(Cl)nc(Cl)c1C#N. The number of rotatable bonds is 2. The molecule has 14 heavy (non-hydrogen) atoms. The minimum atomic E-state index is 0.0251. The Balaban J connectivity index is 3.20. The highest BCUT2D eigenvalue weighted by molar-refractivity contribution is 6.33. The third-order valence-electron chi connectivity index (χ3n) is 1.37. The summed E-state index contributed by atoms with van der Waals surface area (Å²) in [6, 6.07) is 2.06. The third-order valence-corrected chi connectivity index (χ3v) is 1.82. The standard InChI is InChI=1S/C8H8Cl2N4/c1-4(2)12-7-5(3-11)6(9)13-8(10)14-7/h4H,1-2H3,(H,12,13,14). The molecule has 0 radical (unpaired) electrons. The Morgan fingerprint density at radius 1 is 1.36 bits per heavy atom. The predicted octanol–water partition coefficient (Wildman–Crippen LogP) is 2.48. The first-order valence-corrected chi connectivity index (χ1v) is 4.70. The number of nitrogens with one attached hydrogen (secondary N) is 1. The van der Waals surface area contributed by atoms with Gasteiger partial charge in [-0.15, -0.1) is 0 Å². The first-order valence-electron chi connectivity index (χ1n) is 3.94. The normalized spacial score (nSPS) is 10.0. The van der Waals surface area contributed by atoms with E-state index in [-0.39, 0.29) is 22.0 Å². The number of hydrogen-bond acceptors (Lipinski definition) is 4. The molecule has 1 N–H and O–H groups in total. The van der Waals surface area contributed by atoms with Gasteiger partial charge in [0.05, 0.1) is 0 Å². The maximum atomic E-state index is 8.81. The lowest BCUT2D eigenvalue weighted by Crippen LogP contribution is -2.13. The molecule has 0 atom stereocenters. The Bertz CT molecular complexity index is 384. The van der Waals surface area contributed by atoms with E-state index in [0.29, 0.717) is 5.82 Å². The topological polar surface area (TPSA) is 61.6 Å². The van der Waals surface area contributed by atoms with Crippen molar-refractivity contribution in [1.29, 1.82) is 5.26 Å². The lowest BCUT2D eigenvalue weighted by Gasteiger charge is -2.10. The van der Waals surface area contributed by atoms with Crippen LogP contribution in [0.5, 0.6) is 0 Å². The maximum Gasteiger partial charge on any atom is 0.225 e. The van der Waals surface area contributed by atoms with Crippen molar-refractivity contribution in [2.24, 2.45) is 0 Å². The molecular formula is C8H8Cl2N4. The minimum absolute atomic E-state index is 0.0251. The smallest absolute Gasteiger partial charge is 0.225 e. The molecule has 6 heteroatoms. The van der Waals surface area contributed by atoms with Crippen molar-refractivity contribution in [2.75, 3.05) is 5.32 Å². The van der Waals surface area contributed by atoms with Gasteiger partial charge in [0.1, 0.15) is 11.6 Å². The van der Waals surface area contributed by atoms with Gasteiger partial charge in [-0.3, -0.25) is 0 Å². The molecule has 1 rings (SSSR count). The van der Waals surface area contributed by atoms with Gasteiger partial charge in [-0.2, -0.15) is 10.2 Å². The monoisotopic (exact) mass is 230 g/mol. The van der Waals surface area contributed by atoms with Crippen molar-refractivity contribution in [3.63, 3.8) is 0 Å². The van der Waals surface area contributed by atoms with Gasteiger partial charge in [-0.05, 0) is 25.4 Å². The van der Waals surface area contributed by atoms with E-state index in [1.54, 1.807) is 0 Å². The Morgan fingerprint density at radius 2 is 2.00 bits per heavy atom. The first kappa shape index (κ1) is 11.0. The van der Waals surface area contributed by atoms with E-state index in [0.717, 1.165) is 0 Å². The fourth-order valence-corrected chi connectivity index (χ4v) is 1.31. The Kier molecular flexibility index (Phi) is 3.50. The number of nitrogens with zero attached hydrogens (tertiary/aromatic N) is 3. The molecule has 0 amide bonds. The van der Waals surface area contributed by atoms with Crippen LogP contribution in [0.2, 0.25) is 10.4 Å². The molecule has 0 fully saturated rings. The van der Waals surface area contributed by atoms with E-state index in [1.165, 1.54) is 0 Å². The summed E-state index contributed by atoms with van der Waals surface area (Å²) in [5.41, 5.74) is 0.213. The van der Waals surface area contributed by atoms with Gasteiger partial charge in [0.25, 0.3) is 0 Å². The maximum absolute atomic E-state index is 8.81. The van der Waals surface area contributed by atoms with Crippen molar-refractivity contribution < 1.29 is 0 Å². The molecule has 0 bridgehead atoms. The van der Waals surface area contributed by atoms with Crippen molar-refractivity contribution in [1.82, 2.24) is 9.97 Å². The second-order valence-corrected chi connectivity index (χ2v) is 3.61. The van der Waals surface area contributed by atoms with E-state index in [9.17, 15) is 0 Å². The second-order valence-electron chi connectivity index (χ2n) is 2.92. The molecular weight excluding hydrogens is 223 g/mol. The molecule has 74 valence electrons. The van der Waals surface area contributed by atoms with Crippen molar-refractivity contribution in [3.8, 4) is 6.07 Å². The van der Waals surface area contributed by atoms with Crippen LogP contribution in [0.1, 0.15) is 19.4 Å². The van der Waals surface area contributed by atoms with Crippen molar-refractivity contribution in [2.45, 2.75) is 19.9 Å². The van der Waals surface area contributed by atoms with Crippen LogP contribution < -0.4 is 5.32 Å². The Hall–Kier alpha value is -1.05. The van der Waals surface area contributed by atoms with Crippen LogP contribution in [0.3, 0.4) is 0 Å². The zero-order chi connectivity index (χ0) is 10.7. The Labute approximate surface area is 91.9 Å². The van der Waals surface area contributed by atoms with Crippen LogP contribution in [0.25, 0.3) is 0 Å². The molecule has 0 aromatic carbocycles. The molecule has 4 nitrogen and oxygen atoms in total. The number of nitriles is 1. The van der Waals surface area contributed by atoms with Crippen LogP contribution in [0.15, 0.2) is 0 Å². The van der Waals surface area contributed by atoms with Gasteiger partial charge in [0.2, 0.25) is 5.28 Å². The van der Waals surface area contributed by atoms with Gasteiger partial charge in [0.15, 0.2) is 11.0 Å². The molecule has 0 aliphatic heterocycles. The lowest BCUT2D eigenvalue weighted by molar-refractivity contribution is 0.884. The predicted molar refractivity (Wildman–Crippen MR) is 55.5 cm³/mol. The van der Waals surface area contributed by atoms with Crippen molar-refractivity contribution in [3.05, 3.63) is 16.0 Å². The van der Waals surface area contributed by atoms with Gasteiger partial charge < -0.3 is 5.32 Å². The highest BCUT2D eigenvalue weighted by Gasteiger charge is 2.12. The summed E-state index contributed by atoms with van der Waals surface area (Å²) in [7, 11) is 0. The van der Waals surface area contributed by atoms with E-state index in [4.69, 9.17) is 28.5 Å². The first-order chi connectivity index (χ1) is 6.54. The zero-order valence-electron chi connectivity index (χ0n) is 7.67. The molecule has 1 aromatic rings. The number of halogens is 2. The summed E-state index contributed by atoms with van der Waals surface area (Å²) in [6.45, 7) is 3.84. The number of hydrogen-bond donors (Lipinski definition) is 1. The lowest BCUT2D eigenvalue weighted by atomic mass is 10.3. The van der Waals surface area contributed by atoms with Gasteiger partial charge >= 0.3 is 0 Å². The fraction of sp³-hybridized carbons (Fsp3) is 0.375. The van der Waals surface area contributed by atoms with E-state index >= 15 is 0 Å². The Morgan fingerprint density at radius 3 is 2.50 bits per heavy atom. The van der Waals surface area contributed by atoms with Crippen LogP contribution in [0.4, 0.5) is 5.82 Å². The molecule has 0 spiro atoms. The van der Waals surface area contributed by atoms with Gasteiger partial charge in [-0.25, -0.2) is 4.98 Å². The quantitative estimate of drug-likeness (QED) is 0.627. The summed E-state index contributed by atoms with van der Waals surface area (Å²) in [6.07, 6.45) is 0. The van der Waals surface area contributed by atoms with Crippen LogP contribution in [-0.2, 0) is 0 Å². The van der Waals surface area contributed by atoms with E-state index in [2.05, 4.69) is 15.3 Å². The minimum Gasteiger partial charge on any atom is -0.367 e. The van der Waals surface area contributed by atoms with Gasteiger partial charge in [0, 0.05) is 6.04 Å². The fourth-order valence-electron chi connectivity index (χ4n) is 0.885. The van der Waals surface area contributed by atoms with Crippen LogP contribution in [-0.4, -0.2) is 16.0 Å². The molecule has 1 aromatic heterocycles. The molecule has 0 saturated heterocycles. The highest BCUT2D eigenvalue weighted by Crippen LogP contribution is 2.22. The third kappa shape index (κ3) is 2.47. The molecule has 0 unspecified atom stereocenters. The molecule has 0 aliphatic carbocycles. The summed E-state index contributed by atoms with van der Waals surface area (Å²) in [5, 5.41) is 11.9. The largest absolute Gasteiger partial charge is 0.367 e. The van der Waals surface area contributed by atoms with E-state index < -0.39 is 0 Å². The van der Waals surface area contributed by atoms with Crippen LogP contribution >= 0.6 is 23.2 Å². The van der Waals surface area contributed by atoms with E-state index in [1.807, 2.05) is 19.9 Å². The summed E-state index contributed by atoms with van der Waals surface area (Å²) >= 11 is 11.3. The molecule has 0 saturated carbocycles. The second kappa shape index (κ2) is 4.45. The molecule has 1 heterocycles.